The van der Waals surface area contributed by atoms with E-state index in [2.05, 4.69) is 24.2 Å². The van der Waals surface area contributed by atoms with Crippen LogP contribution in [0.25, 0.3) is 0 Å². The van der Waals surface area contributed by atoms with Crippen molar-refractivity contribution < 1.29 is 0 Å². The SMILES string of the molecule is CC#CCC(NN)C1CCCC(CC)C1. The van der Waals surface area contributed by atoms with Gasteiger partial charge in [0, 0.05) is 12.5 Å². The second-order valence-electron chi connectivity index (χ2n) is 4.61. The lowest BCUT2D eigenvalue weighted by Crippen LogP contribution is -2.42. The van der Waals surface area contributed by atoms with Gasteiger partial charge in [0.15, 0.2) is 0 Å². The number of hydrogen-bond donors (Lipinski definition) is 2. The summed E-state index contributed by atoms with van der Waals surface area (Å²) in [5, 5.41) is 0. The summed E-state index contributed by atoms with van der Waals surface area (Å²) in [4.78, 5) is 0. The van der Waals surface area contributed by atoms with Crippen LogP contribution in [0.1, 0.15) is 52.4 Å². The normalized spacial score (nSPS) is 27.9. The first-order chi connectivity index (χ1) is 7.31. The van der Waals surface area contributed by atoms with Crippen molar-refractivity contribution in [2.45, 2.75) is 58.4 Å². The van der Waals surface area contributed by atoms with E-state index in [1.807, 2.05) is 6.92 Å². The predicted molar refractivity (Wildman–Crippen MR) is 64.9 cm³/mol. The van der Waals surface area contributed by atoms with Crippen molar-refractivity contribution in [3.8, 4) is 11.8 Å². The molecule has 1 aliphatic carbocycles. The van der Waals surface area contributed by atoms with Gasteiger partial charge in [0.1, 0.15) is 0 Å². The highest BCUT2D eigenvalue weighted by atomic mass is 15.2. The van der Waals surface area contributed by atoms with Crippen LogP contribution >= 0.6 is 0 Å². The van der Waals surface area contributed by atoms with Crippen LogP contribution in [0.2, 0.25) is 0 Å². The lowest BCUT2D eigenvalue weighted by atomic mass is 9.76. The molecule has 1 fully saturated rings. The van der Waals surface area contributed by atoms with Crippen LogP contribution in [0.5, 0.6) is 0 Å². The second kappa shape index (κ2) is 6.87. The summed E-state index contributed by atoms with van der Waals surface area (Å²) >= 11 is 0. The number of nitrogens with two attached hydrogens (primary N) is 1. The Balaban J connectivity index is 2.46. The molecule has 1 aliphatic rings. The number of rotatable bonds is 4. The molecule has 3 atom stereocenters. The third-order valence-corrected chi connectivity index (χ3v) is 3.68. The predicted octanol–water partition coefficient (Wildman–Crippen LogP) is 2.45. The van der Waals surface area contributed by atoms with Crippen molar-refractivity contribution in [3.05, 3.63) is 0 Å². The average Bonchev–Trinajstić information content (AvgIpc) is 2.30. The van der Waals surface area contributed by atoms with E-state index in [0.29, 0.717) is 6.04 Å². The Hall–Kier alpha value is -0.520. The highest BCUT2D eigenvalue weighted by Gasteiger charge is 2.26. The van der Waals surface area contributed by atoms with Crippen LogP contribution in [0.15, 0.2) is 0 Å². The molecule has 0 aromatic heterocycles. The Kier molecular flexibility index (Phi) is 5.75. The van der Waals surface area contributed by atoms with E-state index in [0.717, 1.165) is 18.3 Å². The highest BCUT2D eigenvalue weighted by Crippen LogP contribution is 2.33. The van der Waals surface area contributed by atoms with Gasteiger partial charge in [0.25, 0.3) is 0 Å². The number of hydrazine groups is 1. The molecule has 86 valence electrons. The molecule has 0 bridgehead atoms. The molecule has 1 saturated carbocycles. The second-order valence-corrected chi connectivity index (χ2v) is 4.61. The summed E-state index contributed by atoms with van der Waals surface area (Å²) < 4.78 is 0. The van der Waals surface area contributed by atoms with Gasteiger partial charge in [-0.2, -0.15) is 0 Å². The molecule has 0 saturated heterocycles. The molecule has 2 nitrogen and oxygen atoms in total. The van der Waals surface area contributed by atoms with Crippen LogP contribution < -0.4 is 11.3 Å². The van der Waals surface area contributed by atoms with Gasteiger partial charge in [-0.1, -0.05) is 26.2 Å². The third-order valence-electron chi connectivity index (χ3n) is 3.68. The van der Waals surface area contributed by atoms with Crippen LogP contribution in [0.3, 0.4) is 0 Å². The Labute approximate surface area is 94.0 Å². The fraction of sp³-hybridized carbons (Fsp3) is 0.846. The van der Waals surface area contributed by atoms with Crippen LogP contribution in [0.4, 0.5) is 0 Å². The van der Waals surface area contributed by atoms with E-state index in [1.165, 1.54) is 32.1 Å². The van der Waals surface area contributed by atoms with Crippen LogP contribution in [-0.4, -0.2) is 6.04 Å². The zero-order valence-electron chi connectivity index (χ0n) is 10.1. The molecule has 0 aliphatic heterocycles. The summed E-state index contributed by atoms with van der Waals surface area (Å²) in [5.74, 6) is 13.3. The maximum Gasteiger partial charge on any atom is 0.0348 e. The van der Waals surface area contributed by atoms with Crippen molar-refractivity contribution in [3.63, 3.8) is 0 Å². The Morgan fingerprint density at radius 2 is 2.27 bits per heavy atom. The first-order valence-corrected chi connectivity index (χ1v) is 6.17. The molecule has 0 radical (unpaired) electrons. The standard InChI is InChI=1S/C13H24N2/c1-3-5-9-13(15-14)12-8-6-7-11(4-2)10-12/h11-13,15H,4,6-10,14H2,1-2H3. The van der Waals surface area contributed by atoms with Gasteiger partial charge in [-0.05, 0) is 31.6 Å². The fourth-order valence-corrected chi connectivity index (χ4v) is 2.64. The molecule has 2 heteroatoms. The topological polar surface area (TPSA) is 38.0 Å². The molecule has 3 unspecified atom stereocenters. The van der Waals surface area contributed by atoms with E-state index in [-0.39, 0.29) is 0 Å². The van der Waals surface area contributed by atoms with Crippen LogP contribution in [-0.2, 0) is 0 Å². The van der Waals surface area contributed by atoms with Gasteiger partial charge in [-0.25, -0.2) is 0 Å². The van der Waals surface area contributed by atoms with Gasteiger partial charge in [0.05, 0.1) is 0 Å². The van der Waals surface area contributed by atoms with Crippen molar-refractivity contribution >= 4 is 0 Å². The molecular weight excluding hydrogens is 184 g/mol. The van der Waals surface area contributed by atoms with Crippen molar-refractivity contribution in [2.24, 2.45) is 17.7 Å². The van der Waals surface area contributed by atoms with Gasteiger partial charge in [-0.15, -0.1) is 11.8 Å². The van der Waals surface area contributed by atoms with Gasteiger partial charge in [-0.3, -0.25) is 11.3 Å². The van der Waals surface area contributed by atoms with Gasteiger partial charge >= 0.3 is 0 Å². The van der Waals surface area contributed by atoms with Crippen LogP contribution in [0, 0.1) is 23.7 Å². The van der Waals surface area contributed by atoms with E-state index < -0.39 is 0 Å². The molecule has 0 amide bonds. The first-order valence-electron chi connectivity index (χ1n) is 6.17. The summed E-state index contributed by atoms with van der Waals surface area (Å²) in [6.07, 6.45) is 7.62. The molecular formula is C13H24N2. The maximum absolute atomic E-state index is 5.61. The molecule has 3 N–H and O–H groups in total. The highest BCUT2D eigenvalue weighted by molar-refractivity contribution is 4.99. The smallest absolute Gasteiger partial charge is 0.0348 e. The zero-order valence-corrected chi connectivity index (χ0v) is 10.1. The average molecular weight is 208 g/mol. The summed E-state index contributed by atoms with van der Waals surface area (Å²) in [7, 11) is 0. The Morgan fingerprint density at radius 1 is 1.47 bits per heavy atom. The minimum absolute atomic E-state index is 0.395. The molecule has 0 aromatic rings. The van der Waals surface area contributed by atoms with E-state index >= 15 is 0 Å². The molecule has 0 aromatic carbocycles. The molecule has 1 rings (SSSR count). The molecule has 0 heterocycles. The summed E-state index contributed by atoms with van der Waals surface area (Å²) in [6, 6.07) is 0.395. The summed E-state index contributed by atoms with van der Waals surface area (Å²) in [6.45, 7) is 4.19. The lowest BCUT2D eigenvalue weighted by Gasteiger charge is -2.33. The third kappa shape index (κ3) is 3.85. The monoisotopic (exact) mass is 208 g/mol. The maximum atomic E-state index is 5.61. The lowest BCUT2D eigenvalue weighted by molar-refractivity contribution is 0.210. The zero-order chi connectivity index (χ0) is 11.1. The molecule has 15 heavy (non-hydrogen) atoms. The van der Waals surface area contributed by atoms with E-state index in [9.17, 15) is 0 Å². The number of hydrogen-bond acceptors (Lipinski definition) is 2. The fourth-order valence-electron chi connectivity index (χ4n) is 2.64. The quantitative estimate of drug-likeness (QED) is 0.423. The van der Waals surface area contributed by atoms with E-state index in [4.69, 9.17) is 5.84 Å². The Bertz CT molecular complexity index is 226. The first kappa shape index (κ1) is 12.5. The van der Waals surface area contributed by atoms with Crippen molar-refractivity contribution in [2.75, 3.05) is 0 Å². The Morgan fingerprint density at radius 3 is 2.87 bits per heavy atom. The minimum Gasteiger partial charge on any atom is -0.271 e. The largest absolute Gasteiger partial charge is 0.271 e. The van der Waals surface area contributed by atoms with Crippen molar-refractivity contribution in [1.82, 2.24) is 5.43 Å². The summed E-state index contributed by atoms with van der Waals surface area (Å²) in [5.41, 5.74) is 2.95. The van der Waals surface area contributed by atoms with Gasteiger partial charge in [0.2, 0.25) is 0 Å². The minimum atomic E-state index is 0.395. The number of nitrogens with one attached hydrogen (secondary N) is 1. The molecule has 0 spiro atoms. The van der Waals surface area contributed by atoms with Gasteiger partial charge < -0.3 is 0 Å². The van der Waals surface area contributed by atoms with E-state index in [1.54, 1.807) is 0 Å². The van der Waals surface area contributed by atoms with Crippen molar-refractivity contribution in [1.29, 1.82) is 0 Å².